The van der Waals surface area contributed by atoms with E-state index in [9.17, 15) is 9.59 Å². The van der Waals surface area contributed by atoms with Gasteiger partial charge < -0.3 is 5.32 Å². The molecular formula is C13H25N3O2. The fraction of sp³-hybridized carbons (Fsp3) is 0.846. The van der Waals surface area contributed by atoms with Gasteiger partial charge in [0, 0.05) is 19.1 Å². The number of hydrogen-bond acceptors (Lipinski definition) is 4. The average Bonchev–Trinajstić information content (AvgIpc) is 2.65. The van der Waals surface area contributed by atoms with Gasteiger partial charge in [-0.05, 0) is 26.9 Å². The van der Waals surface area contributed by atoms with Crippen molar-refractivity contribution in [3.05, 3.63) is 0 Å². The molecule has 1 unspecified atom stereocenters. The first-order valence-corrected chi connectivity index (χ1v) is 6.77. The topological polar surface area (TPSA) is 52.7 Å². The summed E-state index contributed by atoms with van der Waals surface area (Å²) in [6, 6.07) is -0.209. The smallest absolute Gasteiger partial charge is 0.247 e. The monoisotopic (exact) mass is 255 g/mol. The van der Waals surface area contributed by atoms with Crippen LogP contribution in [-0.4, -0.2) is 60.9 Å². The normalized spacial score (nSPS) is 20.6. The first-order chi connectivity index (χ1) is 8.56. The van der Waals surface area contributed by atoms with Crippen LogP contribution in [0.15, 0.2) is 0 Å². The lowest BCUT2D eigenvalue weighted by atomic mass is 10.1. The van der Waals surface area contributed by atoms with E-state index in [0.29, 0.717) is 6.42 Å². The molecule has 0 aromatic carbocycles. The van der Waals surface area contributed by atoms with Gasteiger partial charge in [-0.3, -0.25) is 19.4 Å². The Balaban J connectivity index is 2.71. The summed E-state index contributed by atoms with van der Waals surface area (Å²) in [6.45, 7) is 5.63. The number of carbonyl (C=O) groups is 2. The average molecular weight is 255 g/mol. The van der Waals surface area contributed by atoms with Crippen LogP contribution in [0.25, 0.3) is 0 Å². The van der Waals surface area contributed by atoms with Crippen molar-refractivity contribution in [2.45, 2.75) is 45.2 Å². The van der Waals surface area contributed by atoms with Gasteiger partial charge in [0.1, 0.15) is 0 Å². The molecule has 2 amide bonds. The number of imide groups is 1. The molecule has 1 atom stereocenters. The Morgan fingerprint density at radius 3 is 2.50 bits per heavy atom. The van der Waals surface area contributed by atoms with E-state index in [0.717, 1.165) is 25.9 Å². The highest BCUT2D eigenvalue weighted by Gasteiger charge is 2.42. The molecule has 0 aliphatic carbocycles. The number of nitrogens with zero attached hydrogens (tertiary/aromatic N) is 2. The molecule has 104 valence electrons. The predicted octanol–water partition coefficient (Wildman–Crippen LogP) is 0.454. The van der Waals surface area contributed by atoms with Gasteiger partial charge >= 0.3 is 0 Å². The quantitative estimate of drug-likeness (QED) is 0.671. The highest BCUT2D eigenvalue weighted by molar-refractivity contribution is 6.05. The summed E-state index contributed by atoms with van der Waals surface area (Å²) >= 11 is 0. The largest absolute Gasteiger partial charge is 0.318 e. The third kappa shape index (κ3) is 3.09. The maximum atomic E-state index is 12.3. The molecule has 0 spiro atoms. The number of carbonyl (C=O) groups excluding carboxylic acids is 2. The lowest BCUT2D eigenvalue weighted by Crippen LogP contribution is -2.45. The molecule has 18 heavy (non-hydrogen) atoms. The fourth-order valence-corrected chi connectivity index (χ4v) is 2.46. The van der Waals surface area contributed by atoms with E-state index in [1.807, 2.05) is 32.8 Å². The highest BCUT2D eigenvalue weighted by atomic mass is 16.2. The van der Waals surface area contributed by atoms with Gasteiger partial charge in [0.2, 0.25) is 11.8 Å². The van der Waals surface area contributed by atoms with E-state index in [2.05, 4.69) is 5.32 Å². The maximum absolute atomic E-state index is 12.3. The van der Waals surface area contributed by atoms with Crippen molar-refractivity contribution in [2.24, 2.45) is 0 Å². The molecule has 5 nitrogen and oxygen atoms in total. The fourth-order valence-electron chi connectivity index (χ4n) is 2.46. The standard InChI is InChI=1S/C13H25N3O2/c1-5-10(6-2)16-12(17)9-11(13(16)18)15(4)8-7-14-3/h10-11,14H,5-9H2,1-4H3. The molecule has 1 heterocycles. The molecule has 1 rings (SSSR count). The van der Waals surface area contributed by atoms with Crippen molar-refractivity contribution in [1.82, 2.24) is 15.1 Å². The zero-order chi connectivity index (χ0) is 13.7. The van der Waals surface area contributed by atoms with Crippen LogP contribution in [0.4, 0.5) is 0 Å². The summed E-state index contributed by atoms with van der Waals surface area (Å²) in [5.74, 6) is -0.0395. The van der Waals surface area contributed by atoms with Crippen LogP contribution in [-0.2, 0) is 9.59 Å². The van der Waals surface area contributed by atoms with Gasteiger partial charge in [-0.1, -0.05) is 13.8 Å². The second kappa shape index (κ2) is 6.85. The molecule has 1 fully saturated rings. The van der Waals surface area contributed by atoms with Gasteiger partial charge in [0.25, 0.3) is 0 Å². The molecule has 0 bridgehead atoms. The van der Waals surface area contributed by atoms with Gasteiger partial charge in [-0.15, -0.1) is 0 Å². The van der Waals surface area contributed by atoms with Crippen LogP contribution in [0, 0.1) is 0 Å². The van der Waals surface area contributed by atoms with Crippen molar-refractivity contribution >= 4 is 11.8 Å². The van der Waals surface area contributed by atoms with Gasteiger partial charge in [-0.25, -0.2) is 0 Å². The summed E-state index contributed by atoms with van der Waals surface area (Å²) in [5, 5.41) is 3.05. The number of amides is 2. The molecule has 1 aliphatic rings. The van der Waals surface area contributed by atoms with E-state index >= 15 is 0 Å². The van der Waals surface area contributed by atoms with Crippen molar-refractivity contribution in [1.29, 1.82) is 0 Å². The maximum Gasteiger partial charge on any atom is 0.247 e. The molecule has 0 aromatic heterocycles. The number of likely N-dealkylation sites (tertiary alicyclic amines) is 1. The number of rotatable bonds is 7. The van der Waals surface area contributed by atoms with Crippen molar-refractivity contribution in [2.75, 3.05) is 27.2 Å². The molecule has 0 radical (unpaired) electrons. The Morgan fingerprint density at radius 1 is 1.39 bits per heavy atom. The Bertz CT molecular complexity index is 303. The van der Waals surface area contributed by atoms with E-state index in [1.54, 1.807) is 0 Å². The number of hydrogen-bond donors (Lipinski definition) is 1. The third-order valence-electron chi connectivity index (χ3n) is 3.71. The van der Waals surface area contributed by atoms with E-state index in [1.165, 1.54) is 4.90 Å². The lowest BCUT2D eigenvalue weighted by molar-refractivity contribution is -0.142. The Kier molecular flexibility index (Phi) is 5.75. The summed E-state index contributed by atoms with van der Waals surface area (Å²) in [7, 11) is 3.79. The predicted molar refractivity (Wildman–Crippen MR) is 71.2 cm³/mol. The minimum atomic E-state index is -0.272. The second-order valence-corrected chi connectivity index (χ2v) is 4.88. The summed E-state index contributed by atoms with van der Waals surface area (Å²) in [4.78, 5) is 27.8. The summed E-state index contributed by atoms with van der Waals surface area (Å²) in [5.41, 5.74) is 0. The molecule has 1 saturated heterocycles. The Labute approximate surface area is 110 Å². The minimum Gasteiger partial charge on any atom is -0.318 e. The first-order valence-electron chi connectivity index (χ1n) is 6.77. The van der Waals surface area contributed by atoms with Gasteiger partial charge in [0.15, 0.2) is 0 Å². The van der Waals surface area contributed by atoms with Gasteiger partial charge in [-0.2, -0.15) is 0 Å². The van der Waals surface area contributed by atoms with Crippen molar-refractivity contribution in [3.63, 3.8) is 0 Å². The molecule has 5 heteroatoms. The van der Waals surface area contributed by atoms with E-state index < -0.39 is 0 Å². The van der Waals surface area contributed by atoms with Crippen molar-refractivity contribution < 1.29 is 9.59 Å². The zero-order valence-corrected chi connectivity index (χ0v) is 11.9. The first kappa shape index (κ1) is 15.1. The molecule has 0 aromatic rings. The van der Waals surface area contributed by atoms with Crippen LogP contribution < -0.4 is 5.32 Å². The van der Waals surface area contributed by atoms with E-state index in [4.69, 9.17) is 0 Å². The van der Waals surface area contributed by atoms with Crippen LogP contribution in [0.5, 0.6) is 0 Å². The van der Waals surface area contributed by atoms with Crippen molar-refractivity contribution in [3.8, 4) is 0 Å². The van der Waals surface area contributed by atoms with E-state index in [-0.39, 0.29) is 23.9 Å². The van der Waals surface area contributed by atoms with Crippen LogP contribution in [0.1, 0.15) is 33.1 Å². The molecular weight excluding hydrogens is 230 g/mol. The second-order valence-electron chi connectivity index (χ2n) is 4.88. The molecule has 0 saturated carbocycles. The van der Waals surface area contributed by atoms with Crippen LogP contribution >= 0.6 is 0 Å². The highest BCUT2D eigenvalue weighted by Crippen LogP contribution is 2.22. The third-order valence-corrected chi connectivity index (χ3v) is 3.71. The molecule has 1 N–H and O–H groups in total. The molecule has 1 aliphatic heterocycles. The minimum absolute atomic E-state index is 0.0185. The summed E-state index contributed by atoms with van der Waals surface area (Å²) < 4.78 is 0. The Morgan fingerprint density at radius 2 is 2.00 bits per heavy atom. The summed E-state index contributed by atoms with van der Waals surface area (Å²) in [6.07, 6.45) is 2.00. The Hall–Kier alpha value is -0.940. The van der Waals surface area contributed by atoms with Crippen LogP contribution in [0.3, 0.4) is 0 Å². The zero-order valence-electron chi connectivity index (χ0n) is 11.9. The lowest BCUT2D eigenvalue weighted by Gasteiger charge is -2.26. The number of nitrogens with one attached hydrogen (secondary N) is 1. The van der Waals surface area contributed by atoms with Crippen LogP contribution in [0.2, 0.25) is 0 Å². The SMILES string of the molecule is CCC(CC)N1C(=O)CC(N(C)CCNC)C1=O. The number of likely N-dealkylation sites (N-methyl/N-ethyl adjacent to an activating group) is 2. The van der Waals surface area contributed by atoms with Gasteiger partial charge in [0.05, 0.1) is 12.5 Å².